The normalized spacial score (nSPS) is 24.3. The largest absolute Gasteiger partial charge is 0.380 e. The van der Waals surface area contributed by atoms with Crippen LogP contribution in [-0.4, -0.2) is 49.7 Å². The maximum atomic E-state index is 13.2. The van der Waals surface area contributed by atoms with Gasteiger partial charge in [-0.25, -0.2) is 8.78 Å². The van der Waals surface area contributed by atoms with Gasteiger partial charge in [0.2, 0.25) is 0 Å². The van der Waals surface area contributed by atoms with Gasteiger partial charge in [-0.3, -0.25) is 4.90 Å². The lowest BCUT2D eigenvalue weighted by atomic mass is 10.2. The average molecular weight is 234 g/mol. The monoisotopic (exact) mass is 234 g/mol. The predicted molar refractivity (Wildman–Crippen MR) is 55.4 cm³/mol. The lowest BCUT2D eigenvalue weighted by molar-refractivity contribution is 0.0117. The van der Waals surface area contributed by atoms with Gasteiger partial charge in [-0.15, -0.1) is 0 Å². The zero-order valence-corrected chi connectivity index (χ0v) is 9.27. The second kappa shape index (κ2) is 5.98. The minimum absolute atomic E-state index is 0.177. The van der Waals surface area contributed by atoms with Crippen LogP contribution in [0.25, 0.3) is 10.4 Å². The first kappa shape index (κ1) is 13.2. The van der Waals surface area contributed by atoms with E-state index in [9.17, 15) is 8.78 Å². The summed E-state index contributed by atoms with van der Waals surface area (Å²) >= 11 is 0. The van der Waals surface area contributed by atoms with E-state index in [4.69, 9.17) is 10.3 Å². The molecule has 0 saturated carbocycles. The summed E-state index contributed by atoms with van der Waals surface area (Å²) in [5, 5.41) is 3.35. The summed E-state index contributed by atoms with van der Waals surface area (Å²) in [5.41, 5.74) is 8.12. The number of hydrogen-bond donors (Lipinski definition) is 0. The van der Waals surface area contributed by atoms with Crippen LogP contribution in [0, 0.1) is 0 Å². The van der Waals surface area contributed by atoms with Crippen molar-refractivity contribution in [2.24, 2.45) is 5.11 Å². The topological polar surface area (TPSA) is 61.2 Å². The van der Waals surface area contributed by atoms with Crippen molar-refractivity contribution in [2.75, 3.05) is 32.8 Å². The minimum Gasteiger partial charge on any atom is -0.380 e. The smallest absolute Gasteiger partial charge is 0.262 e. The maximum Gasteiger partial charge on any atom is 0.262 e. The van der Waals surface area contributed by atoms with Crippen molar-refractivity contribution in [2.45, 2.75) is 25.3 Å². The van der Waals surface area contributed by atoms with Gasteiger partial charge >= 0.3 is 0 Å². The quantitative estimate of drug-likeness (QED) is 0.401. The van der Waals surface area contributed by atoms with E-state index in [0.29, 0.717) is 19.8 Å². The first-order chi connectivity index (χ1) is 7.59. The molecule has 1 heterocycles. The van der Waals surface area contributed by atoms with E-state index in [1.54, 1.807) is 4.90 Å². The van der Waals surface area contributed by atoms with Crippen molar-refractivity contribution < 1.29 is 13.5 Å². The molecule has 16 heavy (non-hydrogen) atoms. The summed E-state index contributed by atoms with van der Waals surface area (Å²) in [7, 11) is 0. The summed E-state index contributed by atoms with van der Waals surface area (Å²) in [6, 6.07) is -0.274. The third kappa shape index (κ3) is 3.92. The van der Waals surface area contributed by atoms with Crippen molar-refractivity contribution >= 4 is 0 Å². The fourth-order valence-corrected chi connectivity index (χ4v) is 1.86. The van der Waals surface area contributed by atoms with Crippen LogP contribution in [0.2, 0.25) is 0 Å². The lowest BCUT2D eigenvalue weighted by Crippen LogP contribution is -2.35. The van der Waals surface area contributed by atoms with Crippen LogP contribution in [0.5, 0.6) is 0 Å². The third-order valence-electron chi connectivity index (χ3n) is 2.55. The molecule has 0 N–H and O–H groups in total. The Morgan fingerprint density at radius 1 is 1.62 bits per heavy atom. The second-order valence-corrected chi connectivity index (χ2v) is 3.80. The molecule has 0 radical (unpaired) electrons. The fraction of sp³-hybridized carbons (Fsp3) is 1.00. The molecule has 0 aromatic rings. The zero-order valence-electron chi connectivity index (χ0n) is 9.27. The molecule has 0 aliphatic carbocycles. The van der Waals surface area contributed by atoms with Crippen LogP contribution in [-0.2, 0) is 4.74 Å². The number of alkyl halides is 2. The maximum absolute atomic E-state index is 13.2. The first-order valence-electron chi connectivity index (χ1n) is 5.29. The molecule has 0 aromatic carbocycles. The molecule has 0 amide bonds. The highest BCUT2D eigenvalue weighted by Crippen LogP contribution is 2.31. The van der Waals surface area contributed by atoms with Crippen LogP contribution in [0.4, 0.5) is 8.78 Å². The number of hydrogen-bond acceptors (Lipinski definition) is 3. The molecule has 1 fully saturated rings. The van der Waals surface area contributed by atoms with E-state index in [2.05, 4.69) is 10.0 Å². The third-order valence-corrected chi connectivity index (χ3v) is 2.55. The Morgan fingerprint density at radius 3 is 3.00 bits per heavy atom. The zero-order chi connectivity index (χ0) is 12.0. The van der Waals surface area contributed by atoms with Gasteiger partial charge in [0.15, 0.2) is 0 Å². The van der Waals surface area contributed by atoms with Gasteiger partial charge in [-0.2, -0.15) is 0 Å². The summed E-state index contributed by atoms with van der Waals surface area (Å²) in [6.45, 7) is 2.96. The van der Waals surface area contributed by atoms with Crippen LogP contribution >= 0.6 is 0 Å². The standard InChI is InChI=1S/C9H16F2N4O/c1-2-16-6-8-5-9(10,11)7-15(8)4-3-13-14-12/h8H,2-7H2,1H3. The van der Waals surface area contributed by atoms with Crippen molar-refractivity contribution in [3.63, 3.8) is 0 Å². The van der Waals surface area contributed by atoms with E-state index in [1.165, 1.54) is 0 Å². The number of azide groups is 1. The van der Waals surface area contributed by atoms with Crippen molar-refractivity contribution in [1.82, 2.24) is 4.90 Å². The fourth-order valence-electron chi connectivity index (χ4n) is 1.86. The molecule has 1 rings (SSSR count). The molecular formula is C9H16F2N4O. The van der Waals surface area contributed by atoms with Gasteiger partial charge < -0.3 is 4.74 Å². The lowest BCUT2D eigenvalue weighted by Gasteiger charge is -2.22. The number of rotatable bonds is 6. The molecule has 1 saturated heterocycles. The summed E-state index contributed by atoms with van der Waals surface area (Å²) in [6.07, 6.45) is -0.177. The van der Waals surface area contributed by atoms with Crippen LogP contribution < -0.4 is 0 Å². The van der Waals surface area contributed by atoms with Gasteiger partial charge in [0.05, 0.1) is 13.2 Å². The Labute approximate surface area is 93.0 Å². The molecule has 92 valence electrons. The molecule has 5 nitrogen and oxygen atoms in total. The molecule has 1 atom stereocenters. The van der Waals surface area contributed by atoms with Crippen molar-refractivity contribution in [3.8, 4) is 0 Å². The SMILES string of the molecule is CCOCC1CC(F)(F)CN1CCN=[N+]=[N-]. The number of nitrogens with zero attached hydrogens (tertiary/aromatic N) is 4. The Kier molecular flexibility index (Phi) is 4.92. The average Bonchev–Trinajstić information content (AvgIpc) is 2.51. The minimum atomic E-state index is -2.65. The van der Waals surface area contributed by atoms with E-state index in [1.807, 2.05) is 6.92 Å². The highest BCUT2D eigenvalue weighted by Gasteiger charge is 2.44. The Hall–Kier alpha value is -0.910. The van der Waals surface area contributed by atoms with Gasteiger partial charge in [-0.1, -0.05) is 5.11 Å². The molecule has 1 aliphatic heterocycles. The molecule has 0 bridgehead atoms. The summed E-state index contributed by atoms with van der Waals surface area (Å²) in [4.78, 5) is 4.23. The number of likely N-dealkylation sites (tertiary alicyclic amines) is 1. The summed E-state index contributed by atoms with van der Waals surface area (Å²) in [5.74, 6) is -2.65. The van der Waals surface area contributed by atoms with Gasteiger partial charge in [0.25, 0.3) is 5.92 Å². The number of ether oxygens (including phenoxy) is 1. The van der Waals surface area contributed by atoms with E-state index < -0.39 is 5.92 Å². The summed E-state index contributed by atoms with van der Waals surface area (Å²) < 4.78 is 31.5. The molecule has 7 heteroatoms. The Bertz CT molecular complexity index is 268. The molecule has 1 aliphatic rings. The molecule has 0 spiro atoms. The molecular weight excluding hydrogens is 218 g/mol. The number of halogens is 2. The predicted octanol–water partition coefficient (Wildman–Crippen LogP) is 2.04. The molecule has 1 unspecified atom stereocenters. The highest BCUT2D eigenvalue weighted by molar-refractivity contribution is 4.90. The van der Waals surface area contributed by atoms with E-state index >= 15 is 0 Å². The highest BCUT2D eigenvalue weighted by atomic mass is 19.3. The van der Waals surface area contributed by atoms with Crippen LogP contribution in [0.3, 0.4) is 0 Å². The first-order valence-corrected chi connectivity index (χ1v) is 5.29. The van der Waals surface area contributed by atoms with Crippen molar-refractivity contribution in [3.05, 3.63) is 10.4 Å². The van der Waals surface area contributed by atoms with Gasteiger partial charge in [0.1, 0.15) is 0 Å². The Morgan fingerprint density at radius 2 is 2.38 bits per heavy atom. The van der Waals surface area contributed by atoms with E-state index in [-0.39, 0.29) is 25.6 Å². The van der Waals surface area contributed by atoms with Gasteiger partial charge in [-0.05, 0) is 12.5 Å². The Balaban J connectivity index is 2.46. The van der Waals surface area contributed by atoms with Crippen LogP contribution in [0.1, 0.15) is 13.3 Å². The second-order valence-electron chi connectivity index (χ2n) is 3.80. The van der Waals surface area contributed by atoms with Crippen LogP contribution in [0.15, 0.2) is 5.11 Å². The molecule has 0 aromatic heterocycles. The van der Waals surface area contributed by atoms with E-state index in [0.717, 1.165) is 0 Å². The van der Waals surface area contributed by atoms with Crippen molar-refractivity contribution in [1.29, 1.82) is 0 Å². The van der Waals surface area contributed by atoms with Gasteiger partial charge in [0, 0.05) is 37.1 Å².